The molecule has 3 rings (SSSR count). The van der Waals surface area contributed by atoms with Crippen LogP contribution in [0.5, 0.6) is 11.5 Å². The number of hydrogen-bond acceptors (Lipinski definition) is 3. The second-order valence-electron chi connectivity index (χ2n) is 5.40. The second kappa shape index (κ2) is 7.72. The number of halogens is 1. The molecule has 0 spiro atoms. The summed E-state index contributed by atoms with van der Waals surface area (Å²) in [4.78, 5) is 4.36. The average Bonchev–Trinajstić information content (AvgIpc) is 2.43. The molecule has 2 aliphatic rings. The highest BCUT2D eigenvalue weighted by molar-refractivity contribution is 14.0. The topological polar surface area (TPSA) is 68.9 Å². The van der Waals surface area contributed by atoms with Gasteiger partial charge in [-0.15, -0.1) is 24.0 Å². The number of guanidine groups is 1. The van der Waals surface area contributed by atoms with E-state index < -0.39 is 0 Å². The Balaban J connectivity index is 0.00000161. The molecular weight excluding hydrogens is 381 g/mol. The van der Waals surface area contributed by atoms with Crippen molar-refractivity contribution in [1.29, 1.82) is 0 Å². The van der Waals surface area contributed by atoms with Gasteiger partial charge in [0.15, 0.2) is 17.5 Å². The summed E-state index contributed by atoms with van der Waals surface area (Å²) in [6.45, 7) is 1.97. The van der Waals surface area contributed by atoms with Gasteiger partial charge in [0.05, 0.1) is 6.54 Å². The van der Waals surface area contributed by atoms with Crippen molar-refractivity contribution in [3.8, 4) is 11.5 Å². The van der Waals surface area contributed by atoms with Gasteiger partial charge in [-0.25, -0.2) is 0 Å². The predicted octanol–water partition coefficient (Wildman–Crippen LogP) is 2.15. The fourth-order valence-corrected chi connectivity index (χ4v) is 2.34. The van der Waals surface area contributed by atoms with Crippen molar-refractivity contribution < 1.29 is 9.47 Å². The van der Waals surface area contributed by atoms with Gasteiger partial charge in [0.2, 0.25) is 0 Å². The SMILES string of the molecule is I.NC(=NCC1CCC1)NCC1COc2ccccc2O1. The third-order valence-corrected chi connectivity index (χ3v) is 3.82. The lowest BCUT2D eigenvalue weighted by atomic mass is 9.86. The van der Waals surface area contributed by atoms with E-state index in [-0.39, 0.29) is 30.1 Å². The monoisotopic (exact) mass is 403 g/mol. The van der Waals surface area contributed by atoms with Crippen molar-refractivity contribution in [1.82, 2.24) is 5.32 Å². The number of para-hydroxylation sites is 2. The number of nitrogens with one attached hydrogen (secondary N) is 1. The summed E-state index contributed by atoms with van der Waals surface area (Å²) in [5.74, 6) is 2.82. The van der Waals surface area contributed by atoms with Crippen LogP contribution in [0.1, 0.15) is 19.3 Å². The molecule has 1 aromatic carbocycles. The van der Waals surface area contributed by atoms with Crippen LogP contribution in [0.25, 0.3) is 0 Å². The van der Waals surface area contributed by atoms with E-state index in [1.54, 1.807) is 0 Å². The zero-order chi connectivity index (χ0) is 13.8. The van der Waals surface area contributed by atoms with E-state index in [0.29, 0.717) is 19.1 Å². The van der Waals surface area contributed by atoms with Gasteiger partial charge >= 0.3 is 0 Å². The molecule has 3 N–H and O–H groups in total. The third-order valence-electron chi connectivity index (χ3n) is 3.82. The Labute approximate surface area is 142 Å². The molecule has 1 heterocycles. The van der Waals surface area contributed by atoms with E-state index in [0.717, 1.165) is 24.0 Å². The molecule has 1 aromatic rings. The maximum Gasteiger partial charge on any atom is 0.188 e. The number of fused-ring (bicyclic) bond motifs is 1. The summed E-state index contributed by atoms with van der Waals surface area (Å²) in [7, 11) is 0. The van der Waals surface area contributed by atoms with E-state index in [9.17, 15) is 0 Å². The molecule has 1 unspecified atom stereocenters. The quantitative estimate of drug-likeness (QED) is 0.459. The van der Waals surface area contributed by atoms with Gasteiger partial charge in [-0.2, -0.15) is 0 Å². The number of nitrogens with zero attached hydrogens (tertiary/aromatic N) is 1. The molecule has 1 saturated carbocycles. The largest absolute Gasteiger partial charge is 0.486 e. The van der Waals surface area contributed by atoms with Crippen LogP contribution < -0.4 is 20.5 Å². The average molecular weight is 403 g/mol. The van der Waals surface area contributed by atoms with Crippen molar-refractivity contribution in [2.24, 2.45) is 16.6 Å². The molecule has 1 aliphatic heterocycles. The summed E-state index contributed by atoms with van der Waals surface area (Å²) in [6, 6.07) is 7.70. The third kappa shape index (κ3) is 4.39. The Hall–Kier alpha value is -1.18. The summed E-state index contributed by atoms with van der Waals surface area (Å²) < 4.78 is 11.5. The standard InChI is InChI=1S/C15H21N3O2.HI/c16-15(17-8-11-4-3-5-11)18-9-12-10-19-13-6-1-2-7-14(13)20-12;/h1-2,6-7,11-12H,3-5,8-10H2,(H3,16,17,18);1H. The first kappa shape index (κ1) is 16.2. The molecular formula is C15H22IN3O2. The van der Waals surface area contributed by atoms with Gasteiger partial charge in [0, 0.05) is 6.54 Å². The number of nitrogens with two attached hydrogens (primary N) is 1. The van der Waals surface area contributed by atoms with Gasteiger partial charge in [-0.1, -0.05) is 18.6 Å². The molecule has 116 valence electrons. The Kier molecular flexibility index (Phi) is 5.96. The van der Waals surface area contributed by atoms with E-state index in [1.165, 1.54) is 19.3 Å². The zero-order valence-electron chi connectivity index (χ0n) is 12.0. The van der Waals surface area contributed by atoms with Crippen LogP contribution in [0.4, 0.5) is 0 Å². The van der Waals surface area contributed by atoms with E-state index in [4.69, 9.17) is 15.2 Å². The Morgan fingerprint density at radius 2 is 2.05 bits per heavy atom. The number of hydrogen-bond donors (Lipinski definition) is 2. The fraction of sp³-hybridized carbons (Fsp3) is 0.533. The highest BCUT2D eigenvalue weighted by Crippen LogP contribution is 2.30. The second-order valence-corrected chi connectivity index (χ2v) is 5.40. The Bertz CT molecular complexity index is 492. The zero-order valence-corrected chi connectivity index (χ0v) is 14.3. The first-order chi connectivity index (χ1) is 9.81. The van der Waals surface area contributed by atoms with Crippen molar-refractivity contribution in [2.75, 3.05) is 19.7 Å². The number of rotatable bonds is 4. The van der Waals surface area contributed by atoms with Crippen LogP contribution in [-0.4, -0.2) is 31.8 Å². The van der Waals surface area contributed by atoms with E-state index in [1.807, 2.05) is 24.3 Å². The highest BCUT2D eigenvalue weighted by atomic mass is 127. The maximum absolute atomic E-state index is 5.86. The molecule has 6 heteroatoms. The van der Waals surface area contributed by atoms with Crippen molar-refractivity contribution in [2.45, 2.75) is 25.4 Å². The minimum Gasteiger partial charge on any atom is -0.486 e. The van der Waals surface area contributed by atoms with Gasteiger partial charge < -0.3 is 20.5 Å². The number of aliphatic imine (C=N–C) groups is 1. The summed E-state index contributed by atoms with van der Waals surface area (Å²) >= 11 is 0. The van der Waals surface area contributed by atoms with Crippen LogP contribution in [0.3, 0.4) is 0 Å². The van der Waals surface area contributed by atoms with Crippen molar-refractivity contribution >= 4 is 29.9 Å². The summed E-state index contributed by atoms with van der Waals surface area (Å²) in [5, 5.41) is 3.11. The number of ether oxygens (including phenoxy) is 2. The minimum atomic E-state index is -0.0395. The lowest BCUT2D eigenvalue weighted by Crippen LogP contribution is -2.43. The smallest absolute Gasteiger partial charge is 0.188 e. The predicted molar refractivity (Wildman–Crippen MR) is 93.6 cm³/mol. The molecule has 1 fully saturated rings. The first-order valence-electron chi connectivity index (χ1n) is 7.23. The molecule has 0 amide bonds. The van der Waals surface area contributed by atoms with Gasteiger partial charge in [0.25, 0.3) is 0 Å². The van der Waals surface area contributed by atoms with E-state index in [2.05, 4.69) is 10.3 Å². The fourth-order valence-electron chi connectivity index (χ4n) is 2.34. The first-order valence-corrected chi connectivity index (χ1v) is 7.23. The normalized spacial score (nSPS) is 21.1. The maximum atomic E-state index is 5.86. The summed E-state index contributed by atoms with van der Waals surface area (Å²) in [5.41, 5.74) is 5.86. The van der Waals surface area contributed by atoms with Gasteiger partial charge in [0.1, 0.15) is 12.7 Å². The molecule has 1 atom stereocenters. The Morgan fingerprint density at radius 1 is 1.29 bits per heavy atom. The molecule has 21 heavy (non-hydrogen) atoms. The summed E-state index contributed by atoms with van der Waals surface area (Å²) in [6.07, 6.45) is 3.86. The highest BCUT2D eigenvalue weighted by Gasteiger charge is 2.20. The van der Waals surface area contributed by atoms with Crippen molar-refractivity contribution in [3.05, 3.63) is 24.3 Å². The molecule has 0 radical (unpaired) electrons. The molecule has 0 aromatic heterocycles. The molecule has 0 bridgehead atoms. The lowest BCUT2D eigenvalue weighted by molar-refractivity contribution is 0.0937. The van der Waals surface area contributed by atoms with Crippen LogP contribution in [0, 0.1) is 5.92 Å². The van der Waals surface area contributed by atoms with Crippen LogP contribution in [0.2, 0.25) is 0 Å². The Morgan fingerprint density at radius 3 is 2.76 bits per heavy atom. The molecule has 0 saturated heterocycles. The van der Waals surface area contributed by atoms with Crippen LogP contribution in [0.15, 0.2) is 29.3 Å². The van der Waals surface area contributed by atoms with E-state index >= 15 is 0 Å². The van der Waals surface area contributed by atoms with Crippen molar-refractivity contribution in [3.63, 3.8) is 0 Å². The molecule has 1 aliphatic carbocycles. The van der Waals surface area contributed by atoms with Crippen LogP contribution in [-0.2, 0) is 0 Å². The molecule has 5 nitrogen and oxygen atoms in total. The lowest BCUT2D eigenvalue weighted by Gasteiger charge is -2.27. The van der Waals surface area contributed by atoms with Gasteiger partial charge in [-0.3, -0.25) is 4.99 Å². The minimum absolute atomic E-state index is 0. The van der Waals surface area contributed by atoms with Gasteiger partial charge in [-0.05, 0) is 30.9 Å². The number of benzene rings is 1. The van der Waals surface area contributed by atoms with Crippen LogP contribution >= 0.6 is 24.0 Å².